The van der Waals surface area contributed by atoms with E-state index in [0.29, 0.717) is 4.38 Å². The minimum atomic E-state index is 0. The number of hydrogen-bond donors (Lipinski definition) is 1. The first-order valence-corrected chi connectivity index (χ1v) is 2.88. The third kappa shape index (κ3) is 9.91. The molecular weight excluding hydrogens is 180 g/mol. The third-order valence-corrected chi connectivity index (χ3v) is 0.538. The van der Waals surface area contributed by atoms with Crippen LogP contribution in [-0.4, -0.2) is 10.5 Å². The second-order valence-electron chi connectivity index (χ2n) is 1.43. The van der Waals surface area contributed by atoms with Gasteiger partial charge in [-0.25, -0.2) is 0 Å². The van der Waals surface area contributed by atoms with Crippen molar-refractivity contribution in [3.8, 4) is 0 Å². The van der Waals surface area contributed by atoms with Crippen LogP contribution in [0.5, 0.6) is 0 Å². The van der Waals surface area contributed by atoms with E-state index in [2.05, 4.69) is 24.8 Å². The van der Waals surface area contributed by atoms with Crippen molar-refractivity contribution in [2.75, 3.05) is 0 Å². The third-order valence-electron chi connectivity index (χ3n) is 0.337. The molecule has 0 aromatic carbocycles. The molecule has 0 aromatic heterocycles. The van der Waals surface area contributed by atoms with Gasteiger partial charge in [0.25, 0.3) is 0 Å². The van der Waals surface area contributed by atoms with Gasteiger partial charge in [0.2, 0.25) is 4.38 Å². The number of thiocarbonyl (C=S) groups is 1. The van der Waals surface area contributed by atoms with Crippen LogP contribution in [0.3, 0.4) is 0 Å². The molecule has 0 rings (SSSR count). The zero-order chi connectivity index (χ0) is 5.86. The van der Waals surface area contributed by atoms with Gasteiger partial charge in [0.1, 0.15) is 0 Å². The molecule has 0 atom stereocenters. The number of hydrogen-bond acceptors (Lipinski definition) is 2. The second kappa shape index (κ2) is 5.90. The molecule has 0 saturated heterocycles. The first-order valence-electron chi connectivity index (χ1n) is 2.02. The Hall–Kier alpha value is 0.772. The topological polar surface area (TPSA) is 9.23 Å². The van der Waals surface area contributed by atoms with Gasteiger partial charge >= 0.3 is 0 Å². The molecule has 0 spiro atoms. The molecule has 0 radical (unpaired) electrons. The van der Waals surface area contributed by atoms with Gasteiger partial charge in [-0.1, -0.05) is 12.6 Å². The minimum absolute atomic E-state index is 0. The summed E-state index contributed by atoms with van der Waals surface area (Å²) in [4.78, 5) is 0. The molecule has 0 aromatic rings. The largest absolute Gasteiger partial charge is 0.476 e. The van der Waals surface area contributed by atoms with Crippen LogP contribution in [0.2, 0.25) is 0 Å². The summed E-state index contributed by atoms with van der Waals surface area (Å²) in [6.45, 7) is 3.81. The minimum Gasteiger partial charge on any atom is -0.476 e. The van der Waals surface area contributed by atoms with Gasteiger partial charge in [0.05, 0.1) is 6.10 Å². The maximum Gasteiger partial charge on any atom is 0.217 e. The smallest absolute Gasteiger partial charge is 0.217 e. The Balaban J connectivity index is 0. The van der Waals surface area contributed by atoms with Crippen LogP contribution in [0, 0.1) is 0 Å². The monoisotopic (exact) mass is 188 g/mol. The van der Waals surface area contributed by atoms with E-state index in [9.17, 15) is 0 Å². The van der Waals surface area contributed by atoms with Crippen LogP contribution in [0.15, 0.2) is 0 Å². The summed E-state index contributed by atoms with van der Waals surface area (Å²) in [6.07, 6.45) is 0.157. The van der Waals surface area contributed by atoms with Crippen LogP contribution in [0.4, 0.5) is 0 Å². The average Bonchev–Trinajstić information content (AvgIpc) is 1.27. The molecule has 4 heteroatoms. The van der Waals surface area contributed by atoms with Crippen molar-refractivity contribution in [1.82, 2.24) is 0 Å². The Morgan fingerprint density at radius 1 is 1.62 bits per heavy atom. The van der Waals surface area contributed by atoms with Crippen LogP contribution in [-0.2, 0) is 22.1 Å². The molecule has 0 fully saturated rings. The number of thiol groups is 1. The fourth-order valence-electron chi connectivity index (χ4n) is 0.202. The van der Waals surface area contributed by atoms with Crippen LogP contribution < -0.4 is 0 Å². The van der Waals surface area contributed by atoms with Gasteiger partial charge in [0.15, 0.2) is 0 Å². The normalized spacial score (nSPS) is 8.00. The average molecular weight is 188 g/mol. The van der Waals surface area contributed by atoms with Crippen molar-refractivity contribution in [1.29, 1.82) is 0 Å². The predicted octanol–water partition coefficient (Wildman–Crippen LogP) is 1.62. The molecule has 0 unspecified atom stereocenters. The summed E-state index contributed by atoms with van der Waals surface area (Å²) >= 11 is 8.26. The second-order valence-corrected chi connectivity index (χ2v) is 2.51. The quantitative estimate of drug-likeness (QED) is 0.494. The van der Waals surface area contributed by atoms with Crippen molar-refractivity contribution in [2.45, 2.75) is 20.0 Å². The van der Waals surface area contributed by atoms with E-state index in [-0.39, 0.29) is 23.5 Å². The van der Waals surface area contributed by atoms with Gasteiger partial charge in [-0.15, -0.1) is 0 Å². The number of ether oxygens (including phenoxy) is 1. The van der Waals surface area contributed by atoms with E-state index in [1.54, 1.807) is 0 Å². The summed E-state index contributed by atoms with van der Waals surface area (Å²) in [5, 5.41) is 0. The van der Waals surface area contributed by atoms with E-state index in [0.717, 1.165) is 0 Å². The molecule has 0 N–H and O–H groups in total. The van der Waals surface area contributed by atoms with Gasteiger partial charge in [0, 0.05) is 17.4 Å². The summed E-state index contributed by atoms with van der Waals surface area (Å²) in [6, 6.07) is 0. The maximum atomic E-state index is 4.85. The summed E-state index contributed by atoms with van der Waals surface area (Å²) in [5.74, 6) is 0. The van der Waals surface area contributed by atoms with Gasteiger partial charge in [-0.2, -0.15) is 0 Å². The maximum absolute atomic E-state index is 4.85. The van der Waals surface area contributed by atoms with Gasteiger partial charge in [-0.3, -0.25) is 0 Å². The van der Waals surface area contributed by atoms with Crippen molar-refractivity contribution in [3.63, 3.8) is 0 Å². The van der Waals surface area contributed by atoms with Gasteiger partial charge in [-0.05, 0) is 26.1 Å². The molecule has 0 aliphatic rings. The van der Waals surface area contributed by atoms with E-state index < -0.39 is 0 Å². The van der Waals surface area contributed by atoms with E-state index in [1.165, 1.54) is 0 Å². The Kier molecular flexibility index (Phi) is 8.52. The molecule has 8 heavy (non-hydrogen) atoms. The zero-order valence-corrected chi connectivity index (χ0v) is 7.74. The van der Waals surface area contributed by atoms with Crippen LogP contribution in [0.1, 0.15) is 13.8 Å². The number of rotatable bonds is 1. The van der Waals surface area contributed by atoms with E-state index in [1.807, 2.05) is 13.8 Å². The van der Waals surface area contributed by atoms with E-state index in [4.69, 9.17) is 4.74 Å². The molecule has 0 aliphatic carbocycles. The molecule has 48 valence electrons. The molecule has 0 aliphatic heterocycles. The van der Waals surface area contributed by atoms with Gasteiger partial charge < -0.3 is 4.74 Å². The standard InChI is InChI=1S/C4H8OS2.Cr/c1-3(2)5-4(6)7;/h3H,1-2H3,(H,6,7);. The first-order chi connectivity index (χ1) is 3.13. The molecule has 0 saturated carbocycles. The first kappa shape index (κ1) is 11.6. The van der Waals surface area contributed by atoms with Crippen molar-refractivity contribution < 1.29 is 22.1 Å². The van der Waals surface area contributed by atoms with Crippen LogP contribution in [0.25, 0.3) is 0 Å². The van der Waals surface area contributed by atoms with Crippen molar-refractivity contribution in [3.05, 3.63) is 0 Å². The fraction of sp³-hybridized carbons (Fsp3) is 0.750. The summed E-state index contributed by atoms with van der Waals surface area (Å²) < 4.78 is 5.16. The summed E-state index contributed by atoms with van der Waals surface area (Å²) in [5.41, 5.74) is 0. The molecule has 0 heterocycles. The SMILES string of the molecule is CC(C)OC(=S)S.[Cr]. The molecule has 0 bridgehead atoms. The summed E-state index contributed by atoms with van der Waals surface area (Å²) in [7, 11) is 0. The van der Waals surface area contributed by atoms with Crippen molar-refractivity contribution in [2.24, 2.45) is 0 Å². The Labute approximate surface area is 71.3 Å². The molecule has 1 nitrogen and oxygen atoms in total. The predicted molar refractivity (Wildman–Crippen MR) is 37.8 cm³/mol. The Bertz CT molecular complexity index is 74.4. The molecular formula is C4H8CrOS2. The van der Waals surface area contributed by atoms with E-state index >= 15 is 0 Å². The van der Waals surface area contributed by atoms with Crippen LogP contribution >= 0.6 is 24.8 Å². The Morgan fingerprint density at radius 3 is 2.00 bits per heavy atom. The van der Waals surface area contributed by atoms with Crippen molar-refractivity contribution >= 4 is 29.2 Å². The Morgan fingerprint density at radius 2 is 2.00 bits per heavy atom. The zero-order valence-electron chi connectivity index (χ0n) is 4.75. The molecule has 0 amide bonds. The fourth-order valence-corrected chi connectivity index (χ4v) is 0.605.